The first kappa shape index (κ1) is 17.6. The van der Waals surface area contributed by atoms with Crippen LogP contribution in [0.5, 0.6) is 5.75 Å². The summed E-state index contributed by atoms with van der Waals surface area (Å²) >= 11 is 0. The number of aromatic nitrogens is 1. The van der Waals surface area contributed by atoms with Crippen molar-refractivity contribution in [3.8, 4) is 5.75 Å². The molecule has 0 amide bonds. The molecular formula is C20H19FN2O4. The number of piperidine rings is 1. The largest absolute Gasteiger partial charge is 0.356 e. The third kappa shape index (κ3) is 3.84. The zero-order valence-electron chi connectivity index (χ0n) is 14.9. The van der Waals surface area contributed by atoms with E-state index >= 15 is 0 Å². The van der Waals surface area contributed by atoms with Gasteiger partial charge in [-0.3, -0.25) is 4.79 Å². The molecule has 7 heteroatoms. The highest BCUT2D eigenvalue weighted by atomic mass is 19.1. The fourth-order valence-corrected chi connectivity index (χ4v) is 3.27. The van der Waals surface area contributed by atoms with Crippen LogP contribution in [0.4, 0.5) is 4.39 Å². The van der Waals surface area contributed by atoms with Crippen molar-refractivity contribution >= 4 is 16.8 Å². The van der Waals surface area contributed by atoms with Crippen molar-refractivity contribution in [2.24, 2.45) is 0 Å². The predicted molar refractivity (Wildman–Crippen MR) is 95.7 cm³/mol. The molecule has 0 bridgehead atoms. The van der Waals surface area contributed by atoms with Crippen LogP contribution in [0, 0.1) is 5.82 Å². The van der Waals surface area contributed by atoms with Crippen molar-refractivity contribution < 1.29 is 23.6 Å². The van der Waals surface area contributed by atoms with Crippen molar-refractivity contribution in [2.75, 3.05) is 13.1 Å². The Morgan fingerprint density at radius 3 is 2.63 bits per heavy atom. The SMILES string of the molecule is CC(=O)c1ccc(OON2CCC(c3noc4cc(F)ccc34)CC2)cc1. The first-order chi connectivity index (χ1) is 13.1. The van der Waals surface area contributed by atoms with Gasteiger partial charge < -0.3 is 9.41 Å². The van der Waals surface area contributed by atoms with E-state index in [1.165, 1.54) is 19.1 Å². The second-order valence-corrected chi connectivity index (χ2v) is 6.65. The van der Waals surface area contributed by atoms with Gasteiger partial charge in [0.15, 0.2) is 17.1 Å². The molecule has 4 rings (SSSR count). The van der Waals surface area contributed by atoms with E-state index in [0.717, 1.165) is 23.9 Å². The van der Waals surface area contributed by atoms with Gasteiger partial charge in [0, 0.05) is 36.0 Å². The summed E-state index contributed by atoms with van der Waals surface area (Å²) in [5.41, 5.74) is 1.97. The van der Waals surface area contributed by atoms with Gasteiger partial charge in [0.05, 0.1) is 5.69 Å². The maximum atomic E-state index is 13.3. The Morgan fingerprint density at radius 1 is 1.19 bits per heavy atom. The number of hydroxylamine groups is 2. The minimum atomic E-state index is -0.332. The van der Waals surface area contributed by atoms with E-state index in [1.807, 2.05) is 0 Å². The van der Waals surface area contributed by atoms with Crippen LogP contribution in [-0.2, 0) is 4.99 Å². The highest BCUT2D eigenvalue weighted by Gasteiger charge is 2.26. The number of nitrogens with zero attached hydrogens (tertiary/aromatic N) is 2. The molecule has 0 atom stereocenters. The zero-order valence-corrected chi connectivity index (χ0v) is 14.9. The lowest BCUT2D eigenvalue weighted by atomic mass is 9.92. The summed E-state index contributed by atoms with van der Waals surface area (Å²) in [4.78, 5) is 22.0. The highest BCUT2D eigenvalue weighted by molar-refractivity contribution is 5.94. The van der Waals surface area contributed by atoms with Gasteiger partial charge in [0.2, 0.25) is 0 Å². The molecule has 1 fully saturated rings. The van der Waals surface area contributed by atoms with Crippen molar-refractivity contribution in [1.82, 2.24) is 10.2 Å². The smallest absolute Gasteiger partial charge is 0.170 e. The molecule has 3 aromatic rings. The van der Waals surface area contributed by atoms with Gasteiger partial charge in [-0.25, -0.2) is 4.39 Å². The number of rotatable bonds is 5. The molecule has 27 heavy (non-hydrogen) atoms. The number of carbonyl (C=O) groups is 1. The van der Waals surface area contributed by atoms with Gasteiger partial charge in [-0.2, -0.15) is 0 Å². The molecule has 140 valence electrons. The van der Waals surface area contributed by atoms with Gasteiger partial charge >= 0.3 is 0 Å². The van der Waals surface area contributed by atoms with Crippen molar-refractivity contribution in [3.05, 3.63) is 59.5 Å². The quantitative estimate of drug-likeness (QED) is 0.380. The van der Waals surface area contributed by atoms with Crippen LogP contribution in [0.25, 0.3) is 11.0 Å². The molecule has 0 N–H and O–H groups in total. The molecule has 0 spiro atoms. The molecule has 1 aromatic heterocycles. The Hall–Kier alpha value is -2.77. The second-order valence-electron chi connectivity index (χ2n) is 6.65. The number of benzene rings is 2. The lowest BCUT2D eigenvalue weighted by molar-refractivity contribution is -0.372. The second kappa shape index (κ2) is 7.46. The van der Waals surface area contributed by atoms with E-state index in [9.17, 15) is 9.18 Å². The molecule has 0 unspecified atom stereocenters. The van der Waals surface area contributed by atoms with Crippen molar-refractivity contribution in [1.29, 1.82) is 0 Å². The third-order valence-electron chi connectivity index (χ3n) is 4.80. The van der Waals surface area contributed by atoms with Gasteiger partial charge in [0.25, 0.3) is 0 Å². The Labute approximate surface area is 155 Å². The molecule has 1 saturated heterocycles. The standard InChI is InChI=1S/C20H19FN2O4/c1-13(24)14-2-5-17(6-3-14)26-27-23-10-8-15(9-11-23)20-18-7-4-16(21)12-19(18)25-22-20/h2-7,12,15H,8-11H2,1H3. The number of hydrogen-bond acceptors (Lipinski definition) is 6. The first-order valence-corrected chi connectivity index (χ1v) is 8.85. The van der Waals surface area contributed by atoms with Gasteiger partial charge in [-0.15, -0.1) is 5.06 Å². The van der Waals surface area contributed by atoms with Gasteiger partial charge in [-0.05, 0) is 56.2 Å². The third-order valence-corrected chi connectivity index (χ3v) is 4.80. The van der Waals surface area contributed by atoms with Gasteiger partial charge in [0.1, 0.15) is 5.82 Å². The summed E-state index contributed by atoms with van der Waals surface area (Å²) in [5.74, 6) is 0.438. The number of Topliss-reactive ketones (excluding diaryl/α,β-unsaturated/α-hetero) is 1. The van der Waals surface area contributed by atoms with Gasteiger partial charge in [-0.1, -0.05) is 10.1 Å². The normalized spacial score (nSPS) is 15.9. The van der Waals surface area contributed by atoms with Crippen LogP contribution in [0.1, 0.15) is 41.7 Å². The van der Waals surface area contributed by atoms with E-state index in [-0.39, 0.29) is 17.5 Å². The Bertz CT molecular complexity index is 946. The average Bonchev–Trinajstić information content (AvgIpc) is 3.10. The van der Waals surface area contributed by atoms with Crippen LogP contribution < -0.4 is 4.89 Å². The number of ketones is 1. The molecule has 2 aromatic carbocycles. The Kier molecular flexibility index (Phi) is 4.87. The molecule has 0 saturated carbocycles. The molecule has 0 aliphatic carbocycles. The van der Waals surface area contributed by atoms with Crippen molar-refractivity contribution in [3.63, 3.8) is 0 Å². The Morgan fingerprint density at radius 2 is 1.93 bits per heavy atom. The fourth-order valence-electron chi connectivity index (χ4n) is 3.27. The monoisotopic (exact) mass is 370 g/mol. The minimum Gasteiger partial charge on any atom is -0.356 e. The summed E-state index contributed by atoms with van der Waals surface area (Å²) < 4.78 is 18.5. The number of halogens is 1. The molecule has 6 nitrogen and oxygen atoms in total. The summed E-state index contributed by atoms with van der Waals surface area (Å²) in [6.45, 7) is 2.86. The molecule has 1 aliphatic heterocycles. The molecule has 2 heterocycles. The lowest BCUT2D eigenvalue weighted by Gasteiger charge is -2.28. The van der Waals surface area contributed by atoms with E-state index in [2.05, 4.69) is 5.16 Å². The predicted octanol–water partition coefficient (Wildman–Crippen LogP) is 4.27. The van der Waals surface area contributed by atoms with E-state index in [4.69, 9.17) is 14.4 Å². The van der Waals surface area contributed by atoms with Crippen molar-refractivity contribution in [2.45, 2.75) is 25.7 Å². The summed E-state index contributed by atoms with van der Waals surface area (Å²) in [6, 6.07) is 11.3. The van der Waals surface area contributed by atoms with E-state index in [1.54, 1.807) is 35.4 Å². The topological polar surface area (TPSA) is 64.8 Å². The Balaban J connectivity index is 1.32. The number of carbonyl (C=O) groups excluding carboxylic acids is 1. The minimum absolute atomic E-state index is 0.00709. The van der Waals surface area contributed by atoms with Crippen LogP contribution >= 0.6 is 0 Å². The summed E-state index contributed by atoms with van der Waals surface area (Å²) in [6.07, 6.45) is 1.65. The average molecular weight is 370 g/mol. The van der Waals surface area contributed by atoms with E-state index < -0.39 is 0 Å². The number of fused-ring (bicyclic) bond motifs is 1. The molecule has 0 radical (unpaired) electrons. The molecular weight excluding hydrogens is 351 g/mol. The summed E-state index contributed by atoms with van der Waals surface area (Å²) in [5, 5.41) is 6.75. The highest BCUT2D eigenvalue weighted by Crippen LogP contribution is 2.32. The van der Waals surface area contributed by atoms with Crippen LogP contribution in [-0.4, -0.2) is 29.1 Å². The lowest BCUT2D eigenvalue weighted by Crippen LogP contribution is -2.34. The van der Waals surface area contributed by atoms with Crippen LogP contribution in [0.3, 0.4) is 0 Å². The van der Waals surface area contributed by atoms with E-state index in [0.29, 0.717) is 30.0 Å². The zero-order chi connectivity index (χ0) is 18.8. The summed E-state index contributed by atoms with van der Waals surface area (Å²) in [7, 11) is 0. The van der Waals surface area contributed by atoms with Crippen LogP contribution in [0.15, 0.2) is 47.0 Å². The first-order valence-electron chi connectivity index (χ1n) is 8.85. The maximum absolute atomic E-state index is 13.3. The maximum Gasteiger partial charge on any atom is 0.170 e. The number of hydrogen-bond donors (Lipinski definition) is 0. The molecule has 1 aliphatic rings. The fraction of sp³-hybridized carbons (Fsp3) is 0.300. The van der Waals surface area contributed by atoms with Crippen LogP contribution in [0.2, 0.25) is 0 Å².